The van der Waals surface area contributed by atoms with Crippen LogP contribution in [0.2, 0.25) is 0 Å². The van der Waals surface area contributed by atoms with Crippen LogP contribution in [-0.2, 0) is 0 Å². The molecule has 2 aromatic rings. The lowest BCUT2D eigenvalue weighted by Crippen LogP contribution is -1.86. The highest BCUT2D eigenvalue weighted by molar-refractivity contribution is 9.10. The molecule has 70 valence electrons. The van der Waals surface area contributed by atoms with Crippen LogP contribution in [0.5, 0.6) is 5.75 Å². The van der Waals surface area contributed by atoms with Crippen molar-refractivity contribution in [1.29, 1.82) is 5.26 Å². The first-order valence-electron chi connectivity index (χ1n) is 3.91. The molecular formula is C10H6BrNO2. The molecule has 2 rings (SSSR count). The Balaban J connectivity index is 2.89. The summed E-state index contributed by atoms with van der Waals surface area (Å²) >= 11 is 3.35. The Morgan fingerprint density at radius 3 is 3.00 bits per heavy atom. The van der Waals surface area contributed by atoms with E-state index in [1.807, 2.05) is 0 Å². The number of hydrogen-bond acceptors (Lipinski definition) is 3. The van der Waals surface area contributed by atoms with Gasteiger partial charge in [-0.25, -0.2) is 0 Å². The Kier molecular flexibility index (Phi) is 2.18. The van der Waals surface area contributed by atoms with Crippen LogP contribution in [0.15, 0.2) is 27.3 Å². The molecule has 0 atom stereocenters. The standard InChI is InChI=1S/C10H6BrNO2/c1-13-8-4-6(5-12)9(11)7-2-3-14-10(7)8/h2-4H,1H3. The predicted molar refractivity (Wildman–Crippen MR) is 55.2 cm³/mol. The van der Waals surface area contributed by atoms with Crippen LogP contribution in [0.3, 0.4) is 0 Å². The largest absolute Gasteiger partial charge is 0.493 e. The topological polar surface area (TPSA) is 46.2 Å². The Labute approximate surface area is 89.0 Å². The summed E-state index contributed by atoms with van der Waals surface area (Å²) in [6, 6.07) is 5.53. The van der Waals surface area contributed by atoms with E-state index in [4.69, 9.17) is 14.4 Å². The van der Waals surface area contributed by atoms with Crippen molar-refractivity contribution in [3.63, 3.8) is 0 Å². The van der Waals surface area contributed by atoms with E-state index >= 15 is 0 Å². The number of methoxy groups -OCH3 is 1. The average Bonchev–Trinajstić information content (AvgIpc) is 2.68. The number of fused-ring (bicyclic) bond motifs is 1. The lowest BCUT2D eigenvalue weighted by Gasteiger charge is -2.03. The molecule has 0 radical (unpaired) electrons. The van der Waals surface area contributed by atoms with Gasteiger partial charge in [-0.1, -0.05) is 0 Å². The van der Waals surface area contributed by atoms with Crippen molar-refractivity contribution in [3.05, 3.63) is 28.4 Å². The highest BCUT2D eigenvalue weighted by Gasteiger charge is 2.12. The number of ether oxygens (including phenoxy) is 1. The third-order valence-corrected chi connectivity index (χ3v) is 2.83. The van der Waals surface area contributed by atoms with Crippen LogP contribution < -0.4 is 4.74 Å². The quantitative estimate of drug-likeness (QED) is 0.783. The second-order valence-electron chi connectivity index (χ2n) is 2.72. The normalized spacial score (nSPS) is 10.1. The molecule has 0 N–H and O–H groups in total. The van der Waals surface area contributed by atoms with E-state index in [0.29, 0.717) is 16.9 Å². The van der Waals surface area contributed by atoms with Crippen LogP contribution >= 0.6 is 15.9 Å². The van der Waals surface area contributed by atoms with Gasteiger partial charge in [0.25, 0.3) is 0 Å². The fraction of sp³-hybridized carbons (Fsp3) is 0.100. The molecule has 0 unspecified atom stereocenters. The van der Waals surface area contributed by atoms with E-state index in [0.717, 1.165) is 9.86 Å². The zero-order valence-electron chi connectivity index (χ0n) is 7.37. The summed E-state index contributed by atoms with van der Waals surface area (Å²) in [4.78, 5) is 0. The first-order valence-corrected chi connectivity index (χ1v) is 4.71. The van der Waals surface area contributed by atoms with Gasteiger partial charge in [-0.05, 0) is 22.0 Å². The number of rotatable bonds is 1. The van der Waals surface area contributed by atoms with E-state index in [-0.39, 0.29) is 0 Å². The number of furan rings is 1. The van der Waals surface area contributed by atoms with Crippen molar-refractivity contribution in [1.82, 2.24) is 0 Å². The fourth-order valence-corrected chi connectivity index (χ4v) is 1.83. The Hall–Kier alpha value is -1.47. The van der Waals surface area contributed by atoms with Crippen LogP contribution in [0.1, 0.15) is 5.56 Å². The molecular weight excluding hydrogens is 246 g/mol. The molecule has 0 aliphatic heterocycles. The molecule has 0 amide bonds. The molecule has 14 heavy (non-hydrogen) atoms. The predicted octanol–water partition coefficient (Wildman–Crippen LogP) is 3.08. The Bertz CT molecular complexity index is 525. The molecule has 1 aromatic heterocycles. The Morgan fingerprint density at radius 2 is 2.36 bits per heavy atom. The van der Waals surface area contributed by atoms with Crippen molar-refractivity contribution in [2.24, 2.45) is 0 Å². The van der Waals surface area contributed by atoms with Gasteiger partial charge in [-0.15, -0.1) is 0 Å². The molecule has 3 nitrogen and oxygen atoms in total. The summed E-state index contributed by atoms with van der Waals surface area (Å²) in [5, 5.41) is 9.72. The maximum absolute atomic E-state index is 8.87. The van der Waals surface area contributed by atoms with Gasteiger partial charge in [0, 0.05) is 15.9 Å². The SMILES string of the molecule is COc1cc(C#N)c(Br)c2ccoc12. The lowest BCUT2D eigenvalue weighted by molar-refractivity contribution is 0.410. The van der Waals surface area contributed by atoms with Crippen molar-refractivity contribution in [2.75, 3.05) is 7.11 Å². The number of hydrogen-bond donors (Lipinski definition) is 0. The van der Waals surface area contributed by atoms with E-state index in [2.05, 4.69) is 22.0 Å². The minimum absolute atomic E-state index is 0.538. The molecule has 0 aliphatic rings. The molecule has 4 heteroatoms. The molecule has 0 aliphatic carbocycles. The third kappa shape index (κ3) is 1.17. The molecule has 1 heterocycles. The van der Waals surface area contributed by atoms with E-state index in [1.165, 1.54) is 0 Å². The molecule has 0 bridgehead atoms. The van der Waals surface area contributed by atoms with E-state index < -0.39 is 0 Å². The van der Waals surface area contributed by atoms with Crippen molar-refractivity contribution in [3.8, 4) is 11.8 Å². The number of benzene rings is 1. The zero-order valence-corrected chi connectivity index (χ0v) is 8.96. The van der Waals surface area contributed by atoms with Gasteiger partial charge in [0.05, 0.1) is 18.9 Å². The second-order valence-corrected chi connectivity index (χ2v) is 3.51. The maximum atomic E-state index is 8.87. The van der Waals surface area contributed by atoms with Crippen molar-refractivity contribution < 1.29 is 9.15 Å². The lowest BCUT2D eigenvalue weighted by atomic mass is 10.1. The molecule has 0 saturated heterocycles. The summed E-state index contributed by atoms with van der Waals surface area (Å²) in [7, 11) is 1.55. The highest BCUT2D eigenvalue weighted by Crippen LogP contribution is 2.35. The summed E-state index contributed by atoms with van der Waals surface area (Å²) in [6.07, 6.45) is 1.57. The number of halogens is 1. The third-order valence-electron chi connectivity index (χ3n) is 1.98. The summed E-state index contributed by atoms with van der Waals surface area (Å²) in [5.74, 6) is 0.574. The van der Waals surface area contributed by atoms with Crippen LogP contribution in [0, 0.1) is 11.3 Å². The van der Waals surface area contributed by atoms with Gasteiger partial charge in [-0.2, -0.15) is 5.26 Å². The molecule has 0 spiro atoms. The van der Waals surface area contributed by atoms with Crippen LogP contribution in [-0.4, -0.2) is 7.11 Å². The van der Waals surface area contributed by atoms with E-state index in [9.17, 15) is 0 Å². The molecule has 0 saturated carbocycles. The van der Waals surface area contributed by atoms with Crippen molar-refractivity contribution in [2.45, 2.75) is 0 Å². The fourth-order valence-electron chi connectivity index (χ4n) is 1.31. The highest BCUT2D eigenvalue weighted by atomic mass is 79.9. The van der Waals surface area contributed by atoms with Gasteiger partial charge in [0.15, 0.2) is 11.3 Å². The number of nitrogens with zero attached hydrogens (tertiary/aromatic N) is 1. The average molecular weight is 252 g/mol. The van der Waals surface area contributed by atoms with Gasteiger partial charge in [0.2, 0.25) is 0 Å². The maximum Gasteiger partial charge on any atom is 0.176 e. The molecule has 1 aromatic carbocycles. The first-order chi connectivity index (χ1) is 6.77. The molecule has 0 fully saturated rings. The summed E-state index contributed by atoms with van der Waals surface area (Å²) < 4.78 is 11.1. The van der Waals surface area contributed by atoms with Gasteiger partial charge in [0.1, 0.15) is 6.07 Å². The van der Waals surface area contributed by atoms with Gasteiger partial charge in [-0.3, -0.25) is 0 Å². The van der Waals surface area contributed by atoms with Crippen LogP contribution in [0.25, 0.3) is 11.0 Å². The monoisotopic (exact) mass is 251 g/mol. The minimum atomic E-state index is 0.538. The zero-order chi connectivity index (χ0) is 10.1. The first kappa shape index (κ1) is 9.10. The second kappa shape index (κ2) is 3.35. The Morgan fingerprint density at radius 1 is 1.57 bits per heavy atom. The summed E-state index contributed by atoms with van der Waals surface area (Å²) in [6.45, 7) is 0. The van der Waals surface area contributed by atoms with Crippen molar-refractivity contribution >= 4 is 26.9 Å². The summed E-state index contributed by atoms with van der Waals surface area (Å²) in [5.41, 5.74) is 1.19. The van der Waals surface area contributed by atoms with Gasteiger partial charge < -0.3 is 9.15 Å². The minimum Gasteiger partial charge on any atom is -0.493 e. The number of nitriles is 1. The van der Waals surface area contributed by atoms with Crippen LogP contribution in [0.4, 0.5) is 0 Å². The smallest absolute Gasteiger partial charge is 0.176 e. The van der Waals surface area contributed by atoms with E-state index in [1.54, 1.807) is 25.5 Å². The van der Waals surface area contributed by atoms with Gasteiger partial charge >= 0.3 is 0 Å².